The molecule has 4 aromatic rings. The molecule has 6 nitrogen and oxygen atoms in total. The summed E-state index contributed by atoms with van der Waals surface area (Å²) in [5, 5.41) is 2.61. The van der Waals surface area contributed by atoms with E-state index in [1.165, 1.54) is 30.3 Å². The van der Waals surface area contributed by atoms with Gasteiger partial charge in [-0.3, -0.25) is 9.59 Å². The van der Waals surface area contributed by atoms with Gasteiger partial charge in [0.2, 0.25) is 11.9 Å². The summed E-state index contributed by atoms with van der Waals surface area (Å²) in [7, 11) is 0. The van der Waals surface area contributed by atoms with Crippen LogP contribution in [0.5, 0.6) is 0 Å². The zero-order valence-electron chi connectivity index (χ0n) is 17.3. The van der Waals surface area contributed by atoms with E-state index >= 15 is 0 Å². The molecule has 0 spiro atoms. The smallest absolute Gasteiger partial charge is 0.416 e. The first kappa shape index (κ1) is 22.8. The first-order valence-electron chi connectivity index (χ1n) is 9.99. The van der Waals surface area contributed by atoms with Crippen LogP contribution in [0.3, 0.4) is 0 Å². The van der Waals surface area contributed by atoms with Crippen LogP contribution < -0.4 is 10.7 Å². The third kappa shape index (κ3) is 4.98. The number of carbonyl (C=O) groups excluding carboxylic acids is 2. The van der Waals surface area contributed by atoms with Crippen LogP contribution >= 0.6 is 0 Å². The number of carbonyl (C=O) groups is 2. The Morgan fingerprint density at radius 2 is 1.59 bits per heavy atom. The number of ether oxygens (including phenoxy) is 1. The van der Waals surface area contributed by atoms with Crippen molar-refractivity contribution < 1.29 is 31.9 Å². The molecule has 4 rings (SSSR count). The maximum Gasteiger partial charge on any atom is 0.416 e. The zero-order valence-corrected chi connectivity index (χ0v) is 17.3. The average molecular weight is 467 g/mol. The molecular formula is C25H16F3NO5. The Morgan fingerprint density at radius 1 is 0.882 bits per heavy atom. The highest BCUT2D eigenvalue weighted by molar-refractivity contribution is 5.98. The van der Waals surface area contributed by atoms with Gasteiger partial charge in [0, 0.05) is 17.3 Å². The van der Waals surface area contributed by atoms with Crippen LogP contribution in [0.4, 0.5) is 18.9 Å². The summed E-state index contributed by atoms with van der Waals surface area (Å²) in [4.78, 5) is 38.1. The minimum atomic E-state index is -4.60. The lowest BCUT2D eigenvalue weighted by atomic mass is 10.1. The Morgan fingerprint density at radius 3 is 2.32 bits per heavy atom. The van der Waals surface area contributed by atoms with E-state index in [4.69, 9.17) is 9.15 Å². The largest absolute Gasteiger partial charge is 0.449 e. The van der Waals surface area contributed by atoms with Crippen molar-refractivity contribution >= 4 is 28.5 Å². The van der Waals surface area contributed by atoms with Gasteiger partial charge in [0.15, 0.2) is 5.43 Å². The van der Waals surface area contributed by atoms with Gasteiger partial charge in [-0.1, -0.05) is 48.5 Å². The Balaban J connectivity index is 1.63. The number of anilines is 1. The quantitative estimate of drug-likeness (QED) is 0.400. The molecule has 0 radical (unpaired) electrons. The highest BCUT2D eigenvalue weighted by Crippen LogP contribution is 2.31. The fraction of sp³-hybridized carbons (Fsp3) is 0.0800. The maximum atomic E-state index is 13.0. The molecule has 172 valence electrons. The van der Waals surface area contributed by atoms with E-state index in [1.54, 1.807) is 30.3 Å². The fourth-order valence-corrected chi connectivity index (χ4v) is 3.25. The van der Waals surface area contributed by atoms with Crippen molar-refractivity contribution in [2.75, 3.05) is 5.32 Å². The van der Waals surface area contributed by atoms with Gasteiger partial charge in [-0.05, 0) is 30.3 Å². The number of para-hydroxylation sites is 1. The van der Waals surface area contributed by atoms with Crippen LogP contribution in [-0.4, -0.2) is 11.9 Å². The highest BCUT2D eigenvalue weighted by atomic mass is 19.4. The number of halogens is 3. The molecule has 0 saturated heterocycles. The van der Waals surface area contributed by atoms with Crippen molar-refractivity contribution in [3.8, 4) is 0 Å². The first-order chi connectivity index (χ1) is 16.2. The Kier molecular flexibility index (Phi) is 6.18. The Bertz CT molecular complexity index is 1410. The van der Waals surface area contributed by atoms with Crippen molar-refractivity contribution in [2.45, 2.75) is 12.3 Å². The number of fused-ring (bicyclic) bond motifs is 1. The molecule has 3 aromatic carbocycles. The molecule has 0 aliphatic heterocycles. The van der Waals surface area contributed by atoms with Crippen LogP contribution in [0.2, 0.25) is 0 Å². The van der Waals surface area contributed by atoms with E-state index in [1.807, 2.05) is 0 Å². The van der Waals surface area contributed by atoms with Gasteiger partial charge < -0.3 is 14.5 Å². The summed E-state index contributed by atoms with van der Waals surface area (Å²) in [5.41, 5.74) is -1.13. The van der Waals surface area contributed by atoms with Crippen molar-refractivity contribution in [2.24, 2.45) is 0 Å². The molecule has 0 fully saturated rings. The molecule has 1 unspecified atom stereocenters. The van der Waals surface area contributed by atoms with Crippen LogP contribution in [0, 0.1) is 0 Å². The average Bonchev–Trinajstić information content (AvgIpc) is 2.82. The molecule has 1 atom stereocenters. The van der Waals surface area contributed by atoms with E-state index in [2.05, 4.69) is 5.32 Å². The van der Waals surface area contributed by atoms with Gasteiger partial charge in [0.25, 0.3) is 5.91 Å². The third-order valence-corrected chi connectivity index (χ3v) is 4.86. The highest BCUT2D eigenvalue weighted by Gasteiger charge is 2.31. The van der Waals surface area contributed by atoms with Crippen LogP contribution in [0.25, 0.3) is 11.0 Å². The lowest BCUT2D eigenvalue weighted by molar-refractivity contribution is -0.137. The number of alkyl halides is 3. The minimum Gasteiger partial charge on any atom is -0.449 e. The fourth-order valence-electron chi connectivity index (χ4n) is 3.25. The number of amides is 1. The number of esters is 1. The lowest BCUT2D eigenvalue weighted by Crippen LogP contribution is -2.26. The van der Waals surface area contributed by atoms with Crippen molar-refractivity contribution in [1.29, 1.82) is 0 Å². The van der Waals surface area contributed by atoms with Gasteiger partial charge in [-0.2, -0.15) is 13.2 Å². The number of hydrogen-bond acceptors (Lipinski definition) is 5. The SMILES string of the molecule is O=C(OC(C(=O)Nc1cccc(C(F)(F)F)c1)c1ccccc1)c1cc(=O)c2ccccc2o1. The topological polar surface area (TPSA) is 85.6 Å². The van der Waals surface area contributed by atoms with Crippen LogP contribution in [-0.2, 0) is 15.7 Å². The molecule has 0 bridgehead atoms. The predicted molar refractivity (Wildman–Crippen MR) is 117 cm³/mol. The standard InChI is InChI=1S/C25H16F3NO5/c26-25(27,28)16-9-6-10-17(13-16)29-23(31)22(15-7-2-1-3-8-15)34-24(32)21-14-19(30)18-11-4-5-12-20(18)33-21/h1-14,22H,(H,29,31). The Hall–Kier alpha value is -4.40. The van der Waals surface area contributed by atoms with E-state index in [0.29, 0.717) is 0 Å². The van der Waals surface area contributed by atoms with E-state index < -0.39 is 40.9 Å². The number of hydrogen-bond donors (Lipinski definition) is 1. The molecule has 1 N–H and O–H groups in total. The minimum absolute atomic E-state index is 0.131. The Labute approximate surface area is 190 Å². The second-order valence-electron chi connectivity index (χ2n) is 7.23. The van der Waals surface area contributed by atoms with E-state index in [0.717, 1.165) is 24.3 Å². The molecule has 1 aromatic heterocycles. The first-order valence-corrected chi connectivity index (χ1v) is 9.99. The van der Waals surface area contributed by atoms with Crippen molar-refractivity contribution in [3.05, 3.63) is 112 Å². The zero-order chi connectivity index (χ0) is 24.3. The molecule has 0 saturated carbocycles. The predicted octanol–water partition coefficient (Wildman–Crippen LogP) is 5.35. The molecule has 1 amide bonds. The monoisotopic (exact) mass is 467 g/mol. The van der Waals surface area contributed by atoms with Crippen molar-refractivity contribution in [1.82, 2.24) is 0 Å². The van der Waals surface area contributed by atoms with Crippen molar-refractivity contribution in [3.63, 3.8) is 0 Å². The number of benzene rings is 3. The molecular weight excluding hydrogens is 451 g/mol. The van der Waals surface area contributed by atoms with Gasteiger partial charge in [-0.25, -0.2) is 4.79 Å². The molecule has 9 heteroatoms. The summed E-state index contributed by atoms with van der Waals surface area (Å²) < 4.78 is 49.9. The third-order valence-electron chi connectivity index (χ3n) is 4.86. The lowest BCUT2D eigenvalue weighted by Gasteiger charge is -2.18. The van der Waals surface area contributed by atoms with E-state index in [9.17, 15) is 27.6 Å². The number of nitrogens with one attached hydrogen (secondary N) is 1. The van der Waals surface area contributed by atoms with E-state index in [-0.39, 0.29) is 22.2 Å². The maximum absolute atomic E-state index is 13.0. The summed E-state index contributed by atoms with van der Waals surface area (Å²) in [5.74, 6) is -2.39. The number of rotatable bonds is 5. The van der Waals surface area contributed by atoms with Gasteiger partial charge in [0.05, 0.1) is 10.9 Å². The second kappa shape index (κ2) is 9.22. The normalized spacial score (nSPS) is 12.2. The van der Waals surface area contributed by atoms with Gasteiger partial charge in [-0.15, -0.1) is 0 Å². The molecule has 34 heavy (non-hydrogen) atoms. The second-order valence-corrected chi connectivity index (χ2v) is 7.23. The summed E-state index contributed by atoms with van der Waals surface area (Å²) in [6.07, 6.45) is -6.13. The summed E-state index contributed by atoms with van der Waals surface area (Å²) in [6.45, 7) is 0. The van der Waals surface area contributed by atoms with Crippen LogP contribution in [0.15, 0.2) is 94.1 Å². The molecule has 0 aliphatic rings. The summed E-state index contributed by atoms with van der Waals surface area (Å²) >= 11 is 0. The van der Waals surface area contributed by atoms with Gasteiger partial charge >= 0.3 is 12.1 Å². The summed E-state index contributed by atoms with van der Waals surface area (Å²) in [6, 6.07) is 19.2. The molecule has 0 aliphatic carbocycles. The molecule has 1 heterocycles. The van der Waals surface area contributed by atoms with Crippen LogP contribution in [0.1, 0.15) is 27.8 Å². The van der Waals surface area contributed by atoms with Gasteiger partial charge in [0.1, 0.15) is 5.58 Å².